The summed E-state index contributed by atoms with van der Waals surface area (Å²) in [5.74, 6) is -0.969. The summed E-state index contributed by atoms with van der Waals surface area (Å²) in [4.78, 5) is 27.9. The van der Waals surface area contributed by atoms with Crippen molar-refractivity contribution in [1.82, 2.24) is 0 Å². The number of Topliss-reactive ketones (excluding diaryl/α,β-unsaturated/α-hetero) is 1. The maximum Gasteiger partial charge on any atom is 0.229 e. The van der Waals surface area contributed by atoms with Crippen molar-refractivity contribution >= 4 is 17.4 Å². The van der Waals surface area contributed by atoms with E-state index in [-0.39, 0.29) is 5.78 Å². The molecule has 2 unspecified atom stereocenters. The maximum absolute atomic E-state index is 12.2. The number of carbonyl (C=O) groups is 2. The van der Waals surface area contributed by atoms with Gasteiger partial charge in [-0.25, -0.2) is 0 Å². The third-order valence-corrected chi connectivity index (χ3v) is 3.34. The number of amides is 1. The zero-order valence-electron chi connectivity index (χ0n) is 9.84. The number of allylic oxidation sites excluding steroid dienone is 2. The molecule has 1 aliphatic carbocycles. The summed E-state index contributed by atoms with van der Waals surface area (Å²) >= 11 is 0. The molecule has 0 aromatic carbocycles. The van der Waals surface area contributed by atoms with Gasteiger partial charge in [-0.05, 0) is 12.5 Å². The zero-order chi connectivity index (χ0) is 12.9. The summed E-state index contributed by atoms with van der Waals surface area (Å²) < 4.78 is 5.63. The van der Waals surface area contributed by atoms with Gasteiger partial charge in [0, 0.05) is 11.8 Å². The number of nitrogens with zero attached hydrogens (tertiary/aromatic N) is 1. The molecular weight excluding hydrogens is 232 g/mol. The van der Waals surface area contributed by atoms with Crippen LogP contribution >= 0.6 is 0 Å². The van der Waals surface area contributed by atoms with E-state index in [0.29, 0.717) is 23.5 Å². The summed E-state index contributed by atoms with van der Waals surface area (Å²) in [5.41, 5.74) is 7.15. The first-order valence-corrected chi connectivity index (χ1v) is 5.84. The SMILES string of the molecule is CCC1OC2=C(C1=O)C(C(N)=O)C=C1C=CN=C12. The maximum atomic E-state index is 12.2. The predicted octanol–water partition coefficient (Wildman–Crippen LogP) is 0.628. The molecule has 0 aromatic rings. The molecule has 0 saturated carbocycles. The predicted molar refractivity (Wildman–Crippen MR) is 64.5 cm³/mol. The normalized spacial score (nSPS) is 28.6. The number of hydrogen-bond acceptors (Lipinski definition) is 4. The van der Waals surface area contributed by atoms with E-state index in [2.05, 4.69) is 4.99 Å². The lowest BCUT2D eigenvalue weighted by atomic mass is 9.84. The van der Waals surface area contributed by atoms with Crippen LogP contribution in [0.1, 0.15) is 13.3 Å². The molecule has 92 valence electrons. The summed E-state index contributed by atoms with van der Waals surface area (Å²) in [5, 5.41) is 0. The first-order chi connectivity index (χ1) is 8.63. The number of ether oxygens (including phenoxy) is 1. The number of rotatable bonds is 2. The van der Waals surface area contributed by atoms with Gasteiger partial charge in [-0.1, -0.05) is 13.0 Å². The van der Waals surface area contributed by atoms with Gasteiger partial charge in [0.2, 0.25) is 11.7 Å². The fourth-order valence-electron chi connectivity index (χ4n) is 2.45. The lowest BCUT2D eigenvalue weighted by Gasteiger charge is -2.17. The molecule has 0 spiro atoms. The summed E-state index contributed by atoms with van der Waals surface area (Å²) in [6.45, 7) is 1.86. The van der Waals surface area contributed by atoms with Gasteiger partial charge in [0.15, 0.2) is 11.9 Å². The minimum Gasteiger partial charge on any atom is -0.480 e. The summed E-state index contributed by atoms with van der Waals surface area (Å²) in [6, 6.07) is 0. The number of nitrogens with two attached hydrogens (primary N) is 1. The van der Waals surface area contributed by atoms with Crippen LogP contribution in [0.25, 0.3) is 0 Å². The quantitative estimate of drug-likeness (QED) is 0.773. The van der Waals surface area contributed by atoms with Crippen LogP contribution < -0.4 is 5.73 Å². The Kier molecular flexibility index (Phi) is 2.23. The van der Waals surface area contributed by atoms with Crippen LogP contribution in [0.15, 0.2) is 40.2 Å². The van der Waals surface area contributed by atoms with Crippen molar-refractivity contribution in [2.24, 2.45) is 16.6 Å². The Morgan fingerprint density at radius 3 is 3.00 bits per heavy atom. The Labute approximate surface area is 104 Å². The second kappa shape index (κ2) is 3.66. The van der Waals surface area contributed by atoms with Gasteiger partial charge in [-0.2, -0.15) is 0 Å². The second-order valence-corrected chi connectivity index (χ2v) is 4.42. The zero-order valence-corrected chi connectivity index (χ0v) is 9.84. The molecule has 0 radical (unpaired) electrons. The highest BCUT2D eigenvalue weighted by atomic mass is 16.5. The van der Waals surface area contributed by atoms with Crippen molar-refractivity contribution in [3.05, 3.63) is 35.3 Å². The highest BCUT2D eigenvalue weighted by molar-refractivity contribution is 6.23. The Hall–Kier alpha value is -2.17. The molecule has 2 aliphatic heterocycles. The van der Waals surface area contributed by atoms with E-state index < -0.39 is 17.9 Å². The largest absolute Gasteiger partial charge is 0.480 e. The van der Waals surface area contributed by atoms with Crippen LogP contribution in [0.3, 0.4) is 0 Å². The van der Waals surface area contributed by atoms with Crippen molar-refractivity contribution in [2.45, 2.75) is 19.4 Å². The van der Waals surface area contributed by atoms with E-state index in [1.807, 2.05) is 6.92 Å². The van der Waals surface area contributed by atoms with Gasteiger partial charge in [0.05, 0.1) is 11.5 Å². The summed E-state index contributed by atoms with van der Waals surface area (Å²) in [7, 11) is 0. The van der Waals surface area contributed by atoms with Crippen LogP contribution in [0, 0.1) is 5.92 Å². The topological polar surface area (TPSA) is 81.8 Å². The molecule has 0 fully saturated rings. The molecule has 2 N–H and O–H groups in total. The Balaban J connectivity index is 2.12. The molecule has 18 heavy (non-hydrogen) atoms. The first kappa shape index (κ1) is 11.0. The lowest BCUT2D eigenvalue weighted by molar-refractivity contribution is -0.124. The Morgan fingerprint density at radius 1 is 1.56 bits per heavy atom. The minimum atomic E-state index is -0.708. The summed E-state index contributed by atoms with van der Waals surface area (Å²) in [6.07, 6.45) is 5.13. The van der Waals surface area contributed by atoms with Crippen molar-refractivity contribution in [2.75, 3.05) is 0 Å². The standard InChI is InChI=1S/C13H12N2O3/c1-2-8-11(16)9-7(13(14)17)5-6-3-4-15-10(6)12(9)18-8/h3-5,7-8H,2H2,1H3,(H2,14,17). The second-order valence-electron chi connectivity index (χ2n) is 4.42. The van der Waals surface area contributed by atoms with Crippen LogP contribution in [0.2, 0.25) is 0 Å². The van der Waals surface area contributed by atoms with Crippen molar-refractivity contribution < 1.29 is 14.3 Å². The van der Waals surface area contributed by atoms with E-state index in [0.717, 1.165) is 5.57 Å². The number of aliphatic imine (C=N–C) groups is 1. The van der Waals surface area contributed by atoms with Crippen molar-refractivity contribution in [3.63, 3.8) is 0 Å². The van der Waals surface area contributed by atoms with E-state index in [9.17, 15) is 9.59 Å². The van der Waals surface area contributed by atoms with Gasteiger partial charge >= 0.3 is 0 Å². The molecule has 0 aromatic heterocycles. The third-order valence-electron chi connectivity index (χ3n) is 3.34. The highest BCUT2D eigenvalue weighted by Gasteiger charge is 2.44. The molecule has 5 nitrogen and oxygen atoms in total. The lowest BCUT2D eigenvalue weighted by Crippen LogP contribution is -2.30. The van der Waals surface area contributed by atoms with E-state index in [1.54, 1.807) is 18.4 Å². The molecule has 3 aliphatic rings. The van der Waals surface area contributed by atoms with E-state index in [1.165, 1.54) is 0 Å². The average molecular weight is 244 g/mol. The number of primary amides is 1. The molecule has 0 bridgehead atoms. The van der Waals surface area contributed by atoms with Crippen LogP contribution in [0.4, 0.5) is 0 Å². The fourth-order valence-corrected chi connectivity index (χ4v) is 2.45. The molecular formula is C13H12N2O3. The van der Waals surface area contributed by atoms with Crippen molar-refractivity contribution in [1.29, 1.82) is 0 Å². The number of hydrogen-bond donors (Lipinski definition) is 1. The van der Waals surface area contributed by atoms with Crippen LogP contribution in [0.5, 0.6) is 0 Å². The van der Waals surface area contributed by atoms with Gasteiger partial charge in [-0.15, -0.1) is 0 Å². The Bertz CT molecular complexity index is 581. The molecule has 2 atom stereocenters. The van der Waals surface area contributed by atoms with Crippen LogP contribution in [-0.2, 0) is 14.3 Å². The molecule has 3 rings (SSSR count). The smallest absolute Gasteiger partial charge is 0.229 e. The monoisotopic (exact) mass is 244 g/mol. The van der Waals surface area contributed by atoms with Gasteiger partial charge in [0.1, 0.15) is 5.71 Å². The molecule has 0 saturated heterocycles. The highest BCUT2D eigenvalue weighted by Crippen LogP contribution is 2.38. The van der Waals surface area contributed by atoms with E-state index >= 15 is 0 Å². The van der Waals surface area contributed by atoms with Crippen LogP contribution in [-0.4, -0.2) is 23.5 Å². The first-order valence-electron chi connectivity index (χ1n) is 5.84. The third kappa shape index (κ3) is 1.30. The fraction of sp³-hybridized carbons (Fsp3) is 0.308. The number of fused-ring (bicyclic) bond motifs is 2. The number of ketones is 1. The van der Waals surface area contributed by atoms with Gasteiger partial charge in [-0.3, -0.25) is 14.6 Å². The van der Waals surface area contributed by atoms with Crippen molar-refractivity contribution in [3.8, 4) is 0 Å². The molecule has 2 heterocycles. The van der Waals surface area contributed by atoms with Gasteiger partial charge < -0.3 is 10.5 Å². The molecule has 1 amide bonds. The average Bonchev–Trinajstić information content (AvgIpc) is 2.92. The van der Waals surface area contributed by atoms with E-state index in [4.69, 9.17) is 10.5 Å². The Morgan fingerprint density at radius 2 is 2.33 bits per heavy atom. The molecule has 5 heteroatoms. The number of carbonyl (C=O) groups excluding carboxylic acids is 2. The van der Waals surface area contributed by atoms with Gasteiger partial charge in [0.25, 0.3) is 0 Å². The minimum absolute atomic E-state index is 0.152.